The second-order valence-electron chi connectivity index (χ2n) is 7.40. The average Bonchev–Trinajstić information content (AvgIpc) is 3.11. The molecule has 2 aromatic rings. The first-order chi connectivity index (χ1) is 17.7. The van der Waals surface area contributed by atoms with Gasteiger partial charge in [0.2, 0.25) is 5.91 Å². The molecule has 1 fully saturated rings. The molecule has 0 aromatic heterocycles. The molecule has 0 aliphatic carbocycles. The number of rotatable bonds is 11. The molecule has 0 unspecified atom stereocenters. The molecule has 2 aromatic carbocycles. The number of hydrogen-bond acceptors (Lipinski definition) is 9. The number of benzene rings is 2. The van der Waals surface area contributed by atoms with Gasteiger partial charge in [-0.2, -0.15) is 0 Å². The Labute approximate surface area is 222 Å². The predicted octanol–water partition coefficient (Wildman–Crippen LogP) is 4.36. The Morgan fingerprint density at radius 1 is 1.03 bits per heavy atom. The van der Waals surface area contributed by atoms with Crippen LogP contribution in [0.4, 0.5) is 10.5 Å². The maximum atomic E-state index is 12.9. The van der Waals surface area contributed by atoms with Crippen LogP contribution in [-0.2, 0) is 19.1 Å². The SMILES string of the molecule is CCOC(=O)COc1ccc(/C=C2\SC(=O)N(CC(=O)Nc3ccc(OC)c(Cl)c3)C2=O)cc1OCC. The third-order valence-corrected chi connectivity index (χ3v) is 6.03. The van der Waals surface area contributed by atoms with Gasteiger partial charge in [0, 0.05) is 5.69 Å². The van der Waals surface area contributed by atoms with Crippen LogP contribution in [0.2, 0.25) is 5.02 Å². The van der Waals surface area contributed by atoms with Gasteiger partial charge in [0.25, 0.3) is 11.1 Å². The molecular formula is C25H25ClN2O8S. The summed E-state index contributed by atoms with van der Waals surface area (Å²) in [4.78, 5) is 50.4. The van der Waals surface area contributed by atoms with E-state index in [0.29, 0.717) is 40.1 Å². The molecule has 196 valence electrons. The summed E-state index contributed by atoms with van der Waals surface area (Å²) in [5.41, 5.74) is 0.960. The van der Waals surface area contributed by atoms with E-state index >= 15 is 0 Å². The Kier molecular flexibility index (Phi) is 9.81. The van der Waals surface area contributed by atoms with Crippen LogP contribution in [0.5, 0.6) is 17.2 Å². The number of carbonyl (C=O) groups excluding carboxylic acids is 4. The normalized spacial score (nSPS) is 14.1. The lowest BCUT2D eigenvalue weighted by atomic mass is 10.2. The Hall–Kier alpha value is -3.70. The van der Waals surface area contributed by atoms with E-state index in [9.17, 15) is 19.2 Å². The van der Waals surface area contributed by atoms with Crippen LogP contribution < -0.4 is 19.5 Å². The van der Waals surface area contributed by atoms with E-state index in [0.717, 1.165) is 16.7 Å². The van der Waals surface area contributed by atoms with Gasteiger partial charge in [-0.3, -0.25) is 19.3 Å². The number of methoxy groups -OCH3 is 1. The van der Waals surface area contributed by atoms with E-state index in [-0.39, 0.29) is 18.1 Å². The summed E-state index contributed by atoms with van der Waals surface area (Å²) in [6.45, 7) is 3.32. The zero-order valence-electron chi connectivity index (χ0n) is 20.4. The molecule has 1 aliphatic heterocycles. The van der Waals surface area contributed by atoms with Crippen molar-refractivity contribution in [3.63, 3.8) is 0 Å². The van der Waals surface area contributed by atoms with E-state index < -0.39 is 29.6 Å². The molecule has 1 aliphatic rings. The molecule has 3 rings (SSSR count). The molecule has 0 saturated carbocycles. The Bertz CT molecular complexity index is 1230. The number of imide groups is 1. The van der Waals surface area contributed by atoms with Gasteiger partial charge in [-0.05, 0) is 67.6 Å². The lowest BCUT2D eigenvalue weighted by Gasteiger charge is -2.13. The summed E-state index contributed by atoms with van der Waals surface area (Å²) in [6.07, 6.45) is 1.52. The first-order valence-electron chi connectivity index (χ1n) is 11.2. The lowest BCUT2D eigenvalue weighted by molar-refractivity contribution is -0.145. The summed E-state index contributed by atoms with van der Waals surface area (Å²) in [5.74, 6) is -0.540. The van der Waals surface area contributed by atoms with E-state index in [1.165, 1.54) is 19.3 Å². The minimum Gasteiger partial charge on any atom is -0.495 e. The van der Waals surface area contributed by atoms with E-state index in [1.54, 1.807) is 44.2 Å². The van der Waals surface area contributed by atoms with Gasteiger partial charge >= 0.3 is 5.97 Å². The summed E-state index contributed by atoms with van der Waals surface area (Å²) in [7, 11) is 1.47. The van der Waals surface area contributed by atoms with Gasteiger partial charge in [0.15, 0.2) is 18.1 Å². The van der Waals surface area contributed by atoms with Gasteiger partial charge < -0.3 is 24.3 Å². The number of ether oxygens (including phenoxy) is 4. The fraction of sp³-hybridized carbons (Fsp3) is 0.280. The first kappa shape index (κ1) is 27.9. The van der Waals surface area contributed by atoms with Crippen LogP contribution in [0.3, 0.4) is 0 Å². The van der Waals surface area contributed by atoms with Crippen LogP contribution >= 0.6 is 23.4 Å². The van der Waals surface area contributed by atoms with Gasteiger partial charge in [-0.15, -0.1) is 0 Å². The molecule has 3 amide bonds. The quantitative estimate of drug-likeness (QED) is 0.322. The van der Waals surface area contributed by atoms with Crippen LogP contribution in [0.15, 0.2) is 41.3 Å². The highest BCUT2D eigenvalue weighted by Crippen LogP contribution is 2.35. The van der Waals surface area contributed by atoms with Crippen molar-refractivity contribution in [2.24, 2.45) is 0 Å². The summed E-state index contributed by atoms with van der Waals surface area (Å²) >= 11 is 6.79. The number of thioether (sulfide) groups is 1. The monoisotopic (exact) mass is 548 g/mol. The van der Waals surface area contributed by atoms with Crippen LogP contribution in [0.1, 0.15) is 19.4 Å². The van der Waals surface area contributed by atoms with Gasteiger partial charge in [0.05, 0.1) is 30.3 Å². The van der Waals surface area contributed by atoms with Crippen molar-refractivity contribution in [1.82, 2.24) is 4.90 Å². The largest absolute Gasteiger partial charge is 0.495 e. The van der Waals surface area contributed by atoms with Crippen molar-refractivity contribution in [1.29, 1.82) is 0 Å². The van der Waals surface area contributed by atoms with E-state index in [4.69, 9.17) is 30.5 Å². The summed E-state index contributed by atoms with van der Waals surface area (Å²) in [6, 6.07) is 9.54. The predicted molar refractivity (Wildman–Crippen MR) is 139 cm³/mol. The molecule has 0 spiro atoms. The number of nitrogens with zero attached hydrogens (tertiary/aromatic N) is 1. The highest BCUT2D eigenvalue weighted by atomic mass is 35.5. The van der Waals surface area contributed by atoms with Crippen LogP contribution in [0.25, 0.3) is 6.08 Å². The first-order valence-corrected chi connectivity index (χ1v) is 12.4. The molecule has 37 heavy (non-hydrogen) atoms. The molecule has 1 saturated heterocycles. The Morgan fingerprint density at radius 3 is 2.46 bits per heavy atom. The number of anilines is 1. The van der Waals surface area contributed by atoms with Crippen molar-refractivity contribution in [3.05, 3.63) is 51.9 Å². The minimum atomic E-state index is -0.599. The van der Waals surface area contributed by atoms with Crippen molar-refractivity contribution >= 4 is 58.1 Å². The second-order valence-corrected chi connectivity index (χ2v) is 8.80. The lowest BCUT2D eigenvalue weighted by Crippen LogP contribution is -2.36. The van der Waals surface area contributed by atoms with E-state index in [1.807, 2.05) is 0 Å². The van der Waals surface area contributed by atoms with Crippen molar-refractivity contribution in [2.75, 3.05) is 38.8 Å². The number of nitrogens with one attached hydrogen (secondary N) is 1. The zero-order valence-corrected chi connectivity index (χ0v) is 21.9. The molecule has 1 heterocycles. The molecule has 0 atom stereocenters. The zero-order chi connectivity index (χ0) is 26.9. The molecule has 0 radical (unpaired) electrons. The molecular weight excluding hydrogens is 524 g/mol. The highest BCUT2D eigenvalue weighted by Gasteiger charge is 2.36. The highest BCUT2D eigenvalue weighted by molar-refractivity contribution is 8.18. The van der Waals surface area contributed by atoms with E-state index in [2.05, 4.69) is 5.32 Å². The second kappa shape index (κ2) is 13.0. The third kappa shape index (κ3) is 7.40. The maximum absolute atomic E-state index is 12.9. The fourth-order valence-corrected chi connectivity index (χ4v) is 4.31. The van der Waals surface area contributed by atoms with Gasteiger partial charge in [0.1, 0.15) is 12.3 Å². The fourth-order valence-electron chi connectivity index (χ4n) is 3.22. The standard InChI is InChI=1S/C25H25ClN2O8S/c1-4-34-20-10-15(6-8-19(20)36-14-23(30)35-5-2)11-21-24(31)28(25(32)37-21)13-22(29)27-16-7-9-18(33-3)17(26)12-16/h6-12H,4-5,13-14H2,1-3H3,(H,27,29)/b21-11-. The number of carbonyl (C=O) groups is 4. The van der Waals surface area contributed by atoms with Gasteiger partial charge in [-0.1, -0.05) is 17.7 Å². The summed E-state index contributed by atoms with van der Waals surface area (Å²) in [5, 5.41) is 2.34. The number of esters is 1. The van der Waals surface area contributed by atoms with Crippen molar-refractivity contribution < 1.29 is 38.1 Å². The summed E-state index contributed by atoms with van der Waals surface area (Å²) < 4.78 is 21.0. The van der Waals surface area contributed by atoms with Crippen LogP contribution in [0, 0.1) is 0 Å². The third-order valence-electron chi connectivity index (χ3n) is 4.83. The number of amides is 3. The Balaban J connectivity index is 1.69. The molecule has 1 N–H and O–H groups in total. The molecule has 12 heteroatoms. The Morgan fingerprint density at radius 2 is 1.78 bits per heavy atom. The number of hydrogen-bond donors (Lipinski definition) is 1. The minimum absolute atomic E-state index is 0.146. The average molecular weight is 549 g/mol. The number of halogens is 1. The van der Waals surface area contributed by atoms with Crippen molar-refractivity contribution in [3.8, 4) is 17.2 Å². The topological polar surface area (TPSA) is 120 Å². The maximum Gasteiger partial charge on any atom is 0.344 e. The smallest absolute Gasteiger partial charge is 0.344 e. The van der Waals surface area contributed by atoms with Gasteiger partial charge in [-0.25, -0.2) is 4.79 Å². The molecule has 10 nitrogen and oxygen atoms in total. The molecule has 0 bridgehead atoms. The van der Waals surface area contributed by atoms with Crippen molar-refractivity contribution in [2.45, 2.75) is 13.8 Å². The van der Waals surface area contributed by atoms with Crippen LogP contribution in [-0.4, -0.2) is 61.4 Å².